The van der Waals surface area contributed by atoms with Crippen molar-refractivity contribution in [1.82, 2.24) is 25.3 Å². The summed E-state index contributed by atoms with van der Waals surface area (Å²) in [5, 5.41) is 6.27. The Morgan fingerprint density at radius 1 is 1.25 bits per heavy atom. The molecule has 0 spiro atoms. The van der Waals surface area contributed by atoms with Crippen LogP contribution in [0.4, 0.5) is 15.9 Å². The molecule has 0 unspecified atom stereocenters. The molecule has 4 rings (SSSR count). The van der Waals surface area contributed by atoms with E-state index in [1.165, 1.54) is 18.6 Å². The maximum Gasteiger partial charge on any atom is 0.214 e. The quantitative estimate of drug-likeness (QED) is 0.759. The molecule has 1 aliphatic heterocycles. The van der Waals surface area contributed by atoms with Crippen LogP contribution in [0.1, 0.15) is 6.42 Å². The lowest BCUT2D eigenvalue weighted by atomic mass is 10.3. The number of anilines is 2. The van der Waals surface area contributed by atoms with Crippen molar-refractivity contribution < 1.29 is 9.13 Å². The Bertz CT molecular complexity index is 868. The molecule has 1 saturated heterocycles. The van der Waals surface area contributed by atoms with Crippen molar-refractivity contribution in [2.45, 2.75) is 12.5 Å². The lowest BCUT2D eigenvalue weighted by Gasteiger charge is -2.13. The van der Waals surface area contributed by atoms with Crippen molar-refractivity contribution in [3.8, 4) is 5.88 Å². The lowest BCUT2D eigenvalue weighted by molar-refractivity contribution is 0.215. The third kappa shape index (κ3) is 3.09. The number of pyridine rings is 2. The summed E-state index contributed by atoms with van der Waals surface area (Å²) in [5.41, 5.74) is 1.72. The lowest BCUT2D eigenvalue weighted by Crippen LogP contribution is -2.20. The highest BCUT2D eigenvalue weighted by Crippen LogP contribution is 2.24. The van der Waals surface area contributed by atoms with Gasteiger partial charge in [0.2, 0.25) is 5.88 Å². The van der Waals surface area contributed by atoms with Crippen LogP contribution >= 0.6 is 0 Å². The molecule has 8 heteroatoms. The molecule has 24 heavy (non-hydrogen) atoms. The van der Waals surface area contributed by atoms with Crippen molar-refractivity contribution in [3.63, 3.8) is 0 Å². The standard InChI is InChI=1S/C16H15FN6O/c17-10-5-11(7-19-6-10)22-16-15-13(20-9-21-16)1-2-14(23-15)24-12-3-4-18-8-12/h1-2,5-7,9,12,18H,3-4,8H2,(H,20,21,22)/t12-/m0/s1. The highest BCUT2D eigenvalue weighted by molar-refractivity contribution is 5.87. The Hall–Kier alpha value is -2.87. The summed E-state index contributed by atoms with van der Waals surface area (Å²) >= 11 is 0. The molecule has 3 aromatic heterocycles. The van der Waals surface area contributed by atoms with Gasteiger partial charge >= 0.3 is 0 Å². The fourth-order valence-electron chi connectivity index (χ4n) is 2.60. The van der Waals surface area contributed by atoms with Crippen LogP contribution in [0.5, 0.6) is 5.88 Å². The fourth-order valence-corrected chi connectivity index (χ4v) is 2.60. The molecule has 122 valence electrons. The molecule has 2 N–H and O–H groups in total. The van der Waals surface area contributed by atoms with E-state index in [9.17, 15) is 4.39 Å². The third-order valence-corrected chi connectivity index (χ3v) is 3.73. The Morgan fingerprint density at radius 3 is 3.04 bits per heavy atom. The SMILES string of the molecule is Fc1cncc(Nc2ncnc3ccc(O[C@H]4CCNC4)nc23)c1. The molecule has 1 fully saturated rings. The predicted octanol–water partition coefficient (Wildman–Crippen LogP) is 2.04. The minimum atomic E-state index is -0.427. The first-order valence-corrected chi connectivity index (χ1v) is 7.65. The largest absolute Gasteiger partial charge is 0.473 e. The second kappa shape index (κ2) is 6.32. The molecule has 0 aliphatic carbocycles. The number of hydrogen-bond acceptors (Lipinski definition) is 7. The van der Waals surface area contributed by atoms with E-state index in [1.807, 2.05) is 6.07 Å². The maximum atomic E-state index is 13.3. The Labute approximate surface area is 137 Å². The average Bonchev–Trinajstić information content (AvgIpc) is 3.08. The van der Waals surface area contributed by atoms with Crippen LogP contribution < -0.4 is 15.4 Å². The van der Waals surface area contributed by atoms with E-state index in [-0.39, 0.29) is 6.10 Å². The number of aromatic nitrogens is 4. The van der Waals surface area contributed by atoms with E-state index in [0.717, 1.165) is 25.7 Å². The van der Waals surface area contributed by atoms with Gasteiger partial charge in [-0.05, 0) is 19.0 Å². The van der Waals surface area contributed by atoms with Crippen LogP contribution in [0.15, 0.2) is 36.9 Å². The third-order valence-electron chi connectivity index (χ3n) is 3.73. The Morgan fingerprint density at radius 2 is 2.21 bits per heavy atom. The van der Waals surface area contributed by atoms with E-state index in [0.29, 0.717) is 28.4 Å². The summed E-state index contributed by atoms with van der Waals surface area (Å²) < 4.78 is 19.2. The first-order valence-electron chi connectivity index (χ1n) is 7.65. The Kier molecular flexibility index (Phi) is 3.87. The van der Waals surface area contributed by atoms with Crippen LogP contribution in [0, 0.1) is 5.82 Å². The summed E-state index contributed by atoms with van der Waals surface area (Å²) in [6, 6.07) is 4.96. The van der Waals surface area contributed by atoms with Crippen molar-refractivity contribution in [2.75, 3.05) is 18.4 Å². The normalized spacial score (nSPS) is 17.1. The smallest absolute Gasteiger partial charge is 0.214 e. The van der Waals surface area contributed by atoms with E-state index in [1.54, 1.807) is 6.07 Å². The van der Waals surface area contributed by atoms with Crippen LogP contribution in [0.2, 0.25) is 0 Å². The zero-order chi connectivity index (χ0) is 16.4. The summed E-state index contributed by atoms with van der Waals surface area (Å²) in [5.74, 6) is 0.567. The molecule has 0 amide bonds. The van der Waals surface area contributed by atoms with Gasteiger partial charge in [-0.3, -0.25) is 4.98 Å². The summed E-state index contributed by atoms with van der Waals surface area (Å²) in [4.78, 5) is 16.7. The molecular formula is C16H15FN6O. The molecule has 0 radical (unpaired) electrons. The van der Waals surface area contributed by atoms with Crippen molar-refractivity contribution in [2.24, 2.45) is 0 Å². The number of rotatable bonds is 4. The minimum Gasteiger partial charge on any atom is -0.473 e. The molecule has 4 heterocycles. The zero-order valence-electron chi connectivity index (χ0n) is 12.7. The van der Waals surface area contributed by atoms with Gasteiger partial charge in [0, 0.05) is 18.7 Å². The molecular weight excluding hydrogens is 311 g/mol. The van der Waals surface area contributed by atoms with E-state index in [4.69, 9.17) is 4.74 Å². The van der Waals surface area contributed by atoms with Crippen LogP contribution in [0.3, 0.4) is 0 Å². The van der Waals surface area contributed by atoms with Gasteiger partial charge in [0.1, 0.15) is 23.8 Å². The van der Waals surface area contributed by atoms with Crippen molar-refractivity contribution >= 4 is 22.5 Å². The van der Waals surface area contributed by atoms with E-state index in [2.05, 4.69) is 30.6 Å². The van der Waals surface area contributed by atoms with Crippen LogP contribution in [-0.2, 0) is 0 Å². The molecule has 0 bridgehead atoms. The van der Waals surface area contributed by atoms with Gasteiger partial charge in [-0.1, -0.05) is 0 Å². The van der Waals surface area contributed by atoms with Crippen molar-refractivity contribution in [1.29, 1.82) is 0 Å². The van der Waals surface area contributed by atoms with Crippen molar-refractivity contribution in [3.05, 3.63) is 42.7 Å². The minimum absolute atomic E-state index is 0.114. The fraction of sp³-hybridized carbons (Fsp3) is 0.250. The number of fused-ring (bicyclic) bond motifs is 1. The molecule has 0 saturated carbocycles. The number of ether oxygens (including phenoxy) is 1. The summed E-state index contributed by atoms with van der Waals surface area (Å²) in [7, 11) is 0. The molecule has 1 aliphatic rings. The molecule has 0 aromatic carbocycles. The second-order valence-corrected chi connectivity index (χ2v) is 5.49. The maximum absolute atomic E-state index is 13.3. The van der Waals surface area contributed by atoms with Gasteiger partial charge in [0.15, 0.2) is 5.82 Å². The van der Waals surface area contributed by atoms with Gasteiger partial charge in [-0.15, -0.1) is 0 Å². The van der Waals surface area contributed by atoms with E-state index < -0.39 is 5.82 Å². The van der Waals surface area contributed by atoms with Gasteiger partial charge in [-0.25, -0.2) is 19.3 Å². The number of nitrogens with one attached hydrogen (secondary N) is 2. The monoisotopic (exact) mass is 326 g/mol. The van der Waals surface area contributed by atoms with Gasteiger partial charge in [0.05, 0.1) is 23.6 Å². The molecule has 7 nitrogen and oxygen atoms in total. The van der Waals surface area contributed by atoms with Gasteiger partial charge in [-0.2, -0.15) is 0 Å². The first kappa shape index (κ1) is 14.7. The first-order chi connectivity index (χ1) is 11.8. The number of halogens is 1. The summed E-state index contributed by atoms with van der Waals surface area (Å²) in [6.45, 7) is 1.76. The number of hydrogen-bond donors (Lipinski definition) is 2. The Balaban J connectivity index is 1.66. The topological polar surface area (TPSA) is 84.9 Å². The average molecular weight is 326 g/mol. The predicted molar refractivity (Wildman–Crippen MR) is 86.7 cm³/mol. The van der Waals surface area contributed by atoms with Crippen LogP contribution in [0.25, 0.3) is 11.0 Å². The zero-order valence-corrected chi connectivity index (χ0v) is 12.7. The second-order valence-electron chi connectivity index (χ2n) is 5.49. The van der Waals surface area contributed by atoms with Gasteiger partial charge in [0.25, 0.3) is 0 Å². The highest BCUT2D eigenvalue weighted by Gasteiger charge is 2.17. The number of nitrogens with zero attached hydrogens (tertiary/aromatic N) is 4. The highest BCUT2D eigenvalue weighted by atomic mass is 19.1. The summed E-state index contributed by atoms with van der Waals surface area (Å²) in [6.07, 6.45) is 5.15. The molecule has 1 atom stereocenters. The van der Waals surface area contributed by atoms with Gasteiger partial charge < -0.3 is 15.4 Å². The van der Waals surface area contributed by atoms with Crippen LogP contribution in [-0.4, -0.2) is 39.1 Å². The molecule has 3 aromatic rings. The van der Waals surface area contributed by atoms with E-state index >= 15 is 0 Å².